The maximum Gasteiger partial charge on any atom is 0.256 e. The third-order valence-electron chi connectivity index (χ3n) is 5.74. The normalized spacial score (nSPS) is 13.7. The van der Waals surface area contributed by atoms with E-state index in [4.69, 9.17) is 4.74 Å². The molecule has 1 aliphatic heterocycles. The lowest BCUT2D eigenvalue weighted by atomic mass is 9.95. The molecule has 0 spiro atoms. The number of benzene rings is 3. The van der Waals surface area contributed by atoms with Crippen LogP contribution in [0.4, 0.5) is 15.8 Å². The van der Waals surface area contributed by atoms with Crippen LogP contribution in [0.2, 0.25) is 0 Å². The van der Waals surface area contributed by atoms with Crippen LogP contribution in [0.25, 0.3) is 0 Å². The number of nitrogens with one attached hydrogen (secondary N) is 1. The van der Waals surface area contributed by atoms with E-state index in [-0.39, 0.29) is 11.3 Å². The van der Waals surface area contributed by atoms with E-state index >= 15 is 0 Å². The van der Waals surface area contributed by atoms with Gasteiger partial charge in [0.15, 0.2) is 5.78 Å². The predicted molar refractivity (Wildman–Crippen MR) is 123 cm³/mol. The summed E-state index contributed by atoms with van der Waals surface area (Å²) in [6.07, 6.45) is 0. The summed E-state index contributed by atoms with van der Waals surface area (Å²) in [6.45, 7) is 6.29. The van der Waals surface area contributed by atoms with Crippen LogP contribution in [0.1, 0.15) is 37.4 Å². The maximum atomic E-state index is 14.7. The Hall–Kier alpha value is -3.51. The van der Waals surface area contributed by atoms with Gasteiger partial charge in [-0.2, -0.15) is 0 Å². The van der Waals surface area contributed by atoms with Crippen molar-refractivity contribution >= 4 is 23.1 Å². The summed E-state index contributed by atoms with van der Waals surface area (Å²) in [5.74, 6) is -1.10. The molecule has 164 valence electrons. The number of rotatable bonds is 5. The largest absolute Gasteiger partial charge is 0.378 e. The Labute approximate surface area is 186 Å². The molecule has 0 aromatic heterocycles. The Morgan fingerprint density at radius 3 is 2.31 bits per heavy atom. The molecule has 0 radical (unpaired) electrons. The maximum absolute atomic E-state index is 14.7. The summed E-state index contributed by atoms with van der Waals surface area (Å²) in [7, 11) is 0. The van der Waals surface area contributed by atoms with Crippen LogP contribution in [0.3, 0.4) is 0 Å². The van der Waals surface area contributed by atoms with Crippen LogP contribution < -0.4 is 10.2 Å². The third-order valence-corrected chi connectivity index (χ3v) is 5.74. The highest BCUT2D eigenvalue weighted by Gasteiger charge is 2.20. The fourth-order valence-electron chi connectivity index (χ4n) is 3.76. The molecule has 6 heteroatoms. The van der Waals surface area contributed by atoms with Crippen molar-refractivity contribution in [2.24, 2.45) is 0 Å². The third kappa shape index (κ3) is 4.55. The number of nitrogens with zero attached hydrogens (tertiary/aromatic N) is 1. The molecule has 1 saturated heterocycles. The Bertz CT molecular complexity index is 1170. The van der Waals surface area contributed by atoms with Crippen LogP contribution in [-0.2, 0) is 4.74 Å². The molecule has 0 bridgehead atoms. The highest BCUT2D eigenvalue weighted by Crippen LogP contribution is 2.25. The molecule has 1 N–H and O–H groups in total. The summed E-state index contributed by atoms with van der Waals surface area (Å²) >= 11 is 0. The van der Waals surface area contributed by atoms with Crippen LogP contribution in [-0.4, -0.2) is 38.0 Å². The number of amides is 1. The summed E-state index contributed by atoms with van der Waals surface area (Å²) in [6, 6.07) is 16.8. The standard InChI is InChI=1S/C26H25FN2O3/c1-17-7-8-19(15-18(17)2)25(30)21-5-3-4-6-22(21)26(31)28-20-9-10-24(23(27)16-20)29-11-13-32-14-12-29/h3-10,15-16H,11-14H2,1-2H3,(H,28,31). The van der Waals surface area contributed by atoms with E-state index in [1.807, 2.05) is 30.9 Å². The first-order chi connectivity index (χ1) is 15.4. The van der Waals surface area contributed by atoms with E-state index in [0.717, 1.165) is 11.1 Å². The Kier molecular flexibility index (Phi) is 6.32. The van der Waals surface area contributed by atoms with Crippen molar-refractivity contribution in [2.45, 2.75) is 13.8 Å². The molecule has 3 aromatic carbocycles. The summed E-state index contributed by atoms with van der Waals surface area (Å²) in [4.78, 5) is 28.0. The van der Waals surface area contributed by atoms with Gasteiger partial charge in [-0.1, -0.05) is 30.3 Å². The molecule has 1 fully saturated rings. The number of anilines is 2. The number of aryl methyl sites for hydroxylation is 2. The van der Waals surface area contributed by atoms with Gasteiger partial charge in [-0.15, -0.1) is 0 Å². The molecular weight excluding hydrogens is 407 g/mol. The SMILES string of the molecule is Cc1ccc(C(=O)c2ccccc2C(=O)Nc2ccc(N3CCOCC3)c(F)c2)cc1C. The highest BCUT2D eigenvalue weighted by atomic mass is 19.1. The van der Waals surface area contributed by atoms with E-state index in [2.05, 4.69) is 5.32 Å². The number of halogens is 1. The lowest BCUT2D eigenvalue weighted by Gasteiger charge is -2.29. The van der Waals surface area contributed by atoms with Crippen molar-refractivity contribution < 1.29 is 18.7 Å². The zero-order valence-corrected chi connectivity index (χ0v) is 18.2. The topological polar surface area (TPSA) is 58.6 Å². The minimum atomic E-state index is -0.462. The quantitative estimate of drug-likeness (QED) is 0.591. The zero-order valence-electron chi connectivity index (χ0n) is 18.2. The van der Waals surface area contributed by atoms with E-state index < -0.39 is 11.7 Å². The molecule has 5 nitrogen and oxygen atoms in total. The number of hydrogen-bond acceptors (Lipinski definition) is 4. The van der Waals surface area contributed by atoms with Gasteiger partial charge in [-0.3, -0.25) is 9.59 Å². The first kappa shape index (κ1) is 21.7. The fraction of sp³-hybridized carbons (Fsp3) is 0.231. The fourth-order valence-corrected chi connectivity index (χ4v) is 3.76. The van der Waals surface area contributed by atoms with Crippen molar-refractivity contribution in [2.75, 3.05) is 36.5 Å². The number of morpholine rings is 1. The van der Waals surface area contributed by atoms with E-state index in [9.17, 15) is 14.0 Å². The average Bonchev–Trinajstić information content (AvgIpc) is 2.81. The van der Waals surface area contributed by atoms with Crippen LogP contribution in [0.5, 0.6) is 0 Å². The Morgan fingerprint density at radius 2 is 1.62 bits per heavy atom. The second kappa shape index (κ2) is 9.32. The van der Waals surface area contributed by atoms with Crippen molar-refractivity contribution in [1.82, 2.24) is 0 Å². The average molecular weight is 432 g/mol. The molecule has 1 heterocycles. The minimum Gasteiger partial charge on any atom is -0.378 e. The first-order valence-corrected chi connectivity index (χ1v) is 10.6. The number of carbonyl (C=O) groups is 2. The second-order valence-corrected chi connectivity index (χ2v) is 7.89. The molecule has 0 unspecified atom stereocenters. The van der Waals surface area contributed by atoms with E-state index in [0.29, 0.717) is 48.8 Å². The Balaban J connectivity index is 1.56. The lowest BCUT2D eigenvalue weighted by molar-refractivity contribution is 0.0996. The monoisotopic (exact) mass is 432 g/mol. The van der Waals surface area contributed by atoms with E-state index in [1.54, 1.807) is 42.5 Å². The van der Waals surface area contributed by atoms with Gasteiger partial charge in [-0.05, 0) is 55.3 Å². The summed E-state index contributed by atoms with van der Waals surface area (Å²) < 4.78 is 20.0. The zero-order chi connectivity index (χ0) is 22.7. The smallest absolute Gasteiger partial charge is 0.256 e. The van der Waals surface area contributed by atoms with Crippen LogP contribution >= 0.6 is 0 Å². The first-order valence-electron chi connectivity index (χ1n) is 10.6. The van der Waals surface area contributed by atoms with Gasteiger partial charge in [0.25, 0.3) is 5.91 Å². The molecule has 4 rings (SSSR count). The number of ketones is 1. The van der Waals surface area contributed by atoms with Crippen molar-refractivity contribution in [3.63, 3.8) is 0 Å². The van der Waals surface area contributed by atoms with Crippen molar-refractivity contribution in [3.8, 4) is 0 Å². The van der Waals surface area contributed by atoms with E-state index in [1.165, 1.54) is 6.07 Å². The van der Waals surface area contributed by atoms with Gasteiger partial charge in [0.1, 0.15) is 5.82 Å². The van der Waals surface area contributed by atoms with Gasteiger partial charge in [0.2, 0.25) is 0 Å². The number of hydrogen-bond donors (Lipinski definition) is 1. The molecule has 1 amide bonds. The summed E-state index contributed by atoms with van der Waals surface area (Å²) in [5.41, 5.74) is 3.99. The molecule has 1 aliphatic rings. The molecule has 0 aliphatic carbocycles. The van der Waals surface area contributed by atoms with Crippen molar-refractivity contribution in [3.05, 3.63) is 94.3 Å². The van der Waals surface area contributed by atoms with Gasteiger partial charge in [0.05, 0.1) is 24.5 Å². The molecular formula is C26H25FN2O3. The highest BCUT2D eigenvalue weighted by molar-refractivity contribution is 6.17. The van der Waals surface area contributed by atoms with Crippen molar-refractivity contribution in [1.29, 1.82) is 0 Å². The Morgan fingerprint density at radius 1 is 0.906 bits per heavy atom. The van der Waals surface area contributed by atoms with Gasteiger partial charge in [-0.25, -0.2) is 4.39 Å². The van der Waals surface area contributed by atoms with Gasteiger partial charge in [0, 0.05) is 29.9 Å². The van der Waals surface area contributed by atoms with Gasteiger partial charge < -0.3 is 15.0 Å². The van der Waals surface area contributed by atoms with Crippen LogP contribution in [0, 0.1) is 19.7 Å². The summed E-state index contributed by atoms with van der Waals surface area (Å²) in [5, 5.41) is 2.72. The molecule has 32 heavy (non-hydrogen) atoms. The second-order valence-electron chi connectivity index (χ2n) is 7.89. The molecule has 3 aromatic rings. The lowest BCUT2D eigenvalue weighted by Crippen LogP contribution is -2.36. The molecule has 0 atom stereocenters. The number of ether oxygens (including phenoxy) is 1. The van der Waals surface area contributed by atoms with Crippen LogP contribution in [0.15, 0.2) is 60.7 Å². The minimum absolute atomic E-state index is 0.229. The van der Waals surface area contributed by atoms with Gasteiger partial charge >= 0.3 is 0 Å². The number of carbonyl (C=O) groups excluding carboxylic acids is 2. The molecule has 0 saturated carbocycles. The predicted octanol–water partition coefficient (Wildman–Crippen LogP) is 4.76.